The Morgan fingerprint density at radius 3 is 2.25 bits per heavy atom. The maximum Gasteiger partial charge on any atom is 0.00672 e. The molecule has 1 fully saturated rings. The van der Waals surface area contributed by atoms with Crippen molar-refractivity contribution in [3.63, 3.8) is 0 Å². The minimum absolute atomic E-state index is 0.498. The Labute approximate surface area is 125 Å². The van der Waals surface area contributed by atoms with Crippen LogP contribution in [0.25, 0.3) is 0 Å². The maximum absolute atomic E-state index is 3.76. The van der Waals surface area contributed by atoms with Gasteiger partial charge in [-0.25, -0.2) is 0 Å². The fraction of sp³-hybridized carbons (Fsp3) is 0.684. The van der Waals surface area contributed by atoms with Crippen molar-refractivity contribution in [1.29, 1.82) is 0 Å². The molecule has 0 saturated heterocycles. The molecule has 1 aromatic carbocycles. The Morgan fingerprint density at radius 1 is 1.00 bits per heavy atom. The summed E-state index contributed by atoms with van der Waals surface area (Å²) in [5, 5.41) is 3.76. The van der Waals surface area contributed by atoms with E-state index in [0.29, 0.717) is 5.41 Å². The van der Waals surface area contributed by atoms with E-state index in [1.54, 1.807) is 0 Å². The maximum atomic E-state index is 3.76. The molecule has 112 valence electrons. The van der Waals surface area contributed by atoms with E-state index >= 15 is 0 Å². The Morgan fingerprint density at radius 2 is 1.65 bits per heavy atom. The molecule has 1 heteroatoms. The molecule has 1 aromatic rings. The van der Waals surface area contributed by atoms with Gasteiger partial charge in [0.15, 0.2) is 0 Å². The van der Waals surface area contributed by atoms with Gasteiger partial charge in [0, 0.05) is 6.04 Å². The quantitative estimate of drug-likeness (QED) is 0.759. The number of benzene rings is 1. The second-order valence-corrected chi connectivity index (χ2v) is 7.46. The highest BCUT2D eigenvalue weighted by Crippen LogP contribution is 2.37. The van der Waals surface area contributed by atoms with Crippen molar-refractivity contribution in [2.45, 2.75) is 65.3 Å². The average Bonchev–Trinajstić information content (AvgIpc) is 2.44. The number of rotatable bonds is 5. The van der Waals surface area contributed by atoms with Crippen LogP contribution in [0.15, 0.2) is 30.3 Å². The second kappa shape index (κ2) is 7.26. The van der Waals surface area contributed by atoms with Crippen LogP contribution in [0.3, 0.4) is 0 Å². The summed E-state index contributed by atoms with van der Waals surface area (Å²) in [5.74, 6) is 0.921. The molecule has 0 unspecified atom stereocenters. The minimum Gasteiger partial charge on any atom is -0.314 e. The van der Waals surface area contributed by atoms with Crippen LogP contribution < -0.4 is 5.32 Å². The van der Waals surface area contributed by atoms with Gasteiger partial charge in [0.1, 0.15) is 0 Å². The third kappa shape index (κ3) is 4.94. The number of aryl methyl sites for hydroxylation is 1. The monoisotopic (exact) mass is 273 g/mol. The molecular formula is C19H31N. The first kappa shape index (κ1) is 15.6. The molecule has 20 heavy (non-hydrogen) atoms. The van der Waals surface area contributed by atoms with E-state index in [9.17, 15) is 0 Å². The number of nitrogens with one attached hydrogen (secondary N) is 1. The van der Waals surface area contributed by atoms with Crippen LogP contribution in [0.4, 0.5) is 0 Å². The Kier molecular flexibility index (Phi) is 5.65. The average molecular weight is 273 g/mol. The van der Waals surface area contributed by atoms with Gasteiger partial charge in [0.05, 0.1) is 0 Å². The molecule has 0 aromatic heterocycles. The summed E-state index contributed by atoms with van der Waals surface area (Å²) in [7, 11) is 0. The van der Waals surface area contributed by atoms with E-state index in [4.69, 9.17) is 0 Å². The summed E-state index contributed by atoms with van der Waals surface area (Å²) in [6.07, 6.45) is 7.99. The van der Waals surface area contributed by atoms with Crippen LogP contribution in [0.1, 0.15) is 58.4 Å². The van der Waals surface area contributed by atoms with Crippen LogP contribution >= 0.6 is 0 Å². The van der Waals surface area contributed by atoms with Crippen molar-refractivity contribution in [2.24, 2.45) is 11.3 Å². The normalized spacial score (nSPS) is 23.8. The van der Waals surface area contributed by atoms with Gasteiger partial charge < -0.3 is 5.32 Å². The smallest absolute Gasteiger partial charge is 0.00672 e. The highest BCUT2D eigenvalue weighted by atomic mass is 14.9. The van der Waals surface area contributed by atoms with E-state index in [-0.39, 0.29) is 0 Å². The number of hydrogen-bond acceptors (Lipinski definition) is 1. The van der Waals surface area contributed by atoms with Crippen LogP contribution in [0, 0.1) is 11.3 Å². The Bertz CT molecular complexity index is 369. The summed E-state index contributed by atoms with van der Waals surface area (Å²) >= 11 is 0. The SMILES string of the molecule is CC(C)(C)C1CCC(NCCCc2ccccc2)CC1. The van der Waals surface area contributed by atoms with E-state index in [1.807, 2.05) is 0 Å². The summed E-state index contributed by atoms with van der Waals surface area (Å²) in [6.45, 7) is 8.35. The van der Waals surface area contributed by atoms with Gasteiger partial charge in [0.2, 0.25) is 0 Å². The largest absolute Gasteiger partial charge is 0.314 e. The molecule has 0 aliphatic heterocycles. The highest BCUT2D eigenvalue weighted by Gasteiger charge is 2.29. The fourth-order valence-electron chi connectivity index (χ4n) is 3.41. The number of hydrogen-bond donors (Lipinski definition) is 1. The van der Waals surface area contributed by atoms with Gasteiger partial charge >= 0.3 is 0 Å². The zero-order valence-corrected chi connectivity index (χ0v) is 13.5. The van der Waals surface area contributed by atoms with Gasteiger partial charge in [0.25, 0.3) is 0 Å². The molecule has 1 nitrogen and oxygen atoms in total. The van der Waals surface area contributed by atoms with Gasteiger partial charge in [-0.1, -0.05) is 51.1 Å². The van der Waals surface area contributed by atoms with Gasteiger partial charge in [-0.05, 0) is 62.0 Å². The lowest BCUT2D eigenvalue weighted by atomic mass is 9.71. The zero-order chi connectivity index (χ0) is 14.4. The zero-order valence-electron chi connectivity index (χ0n) is 13.5. The fourth-order valence-corrected chi connectivity index (χ4v) is 3.41. The lowest BCUT2D eigenvalue weighted by Crippen LogP contribution is -2.36. The van der Waals surface area contributed by atoms with Crippen molar-refractivity contribution < 1.29 is 0 Å². The molecule has 1 saturated carbocycles. The standard InChI is InChI=1S/C19H31N/c1-19(2,3)17-11-13-18(14-12-17)20-15-7-10-16-8-5-4-6-9-16/h4-6,8-9,17-18,20H,7,10-15H2,1-3H3. The molecule has 0 spiro atoms. The summed E-state index contributed by atoms with van der Waals surface area (Å²) < 4.78 is 0. The van der Waals surface area contributed by atoms with E-state index in [0.717, 1.165) is 12.0 Å². The highest BCUT2D eigenvalue weighted by molar-refractivity contribution is 5.14. The first-order chi connectivity index (χ1) is 9.55. The van der Waals surface area contributed by atoms with Gasteiger partial charge in [-0.3, -0.25) is 0 Å². The van der Waals surface area contributed by atoms with Crippen molar-refractivity contribution in [3.05, 3.63) is 35.9 Å². The van der Waals surface area contributed by atoms with E-state index < -0.39 is 0 Å². The van der Waals surface area contributed by atoms with E-state index in [2.05, 4.69) is 56.4 Å². The molecular weight excluding hydrogens is 242 g/mol. The van der Waals surface area contributed by atoms with Crippen molar-refractivity contribution in [2.75, 3.05) is 6.54 Å². The van der Waals surface area contributed by atoms with Gasteiger partial charge in [-0.15, -0.1) is 0 Å². The molecule has 0 radical (unpaired) electrons. The molecule has 0 heterocycles. The predicted molar refractivity (Wildman–Crippen MR) is 88.0 cm³/mol. The Balaban J connectivity index is 1.60. The molecule has 0 amide bonds. The van der Waals surface area contributed by atoms with Crippen LogP contribution in [0.2, 0.25) is 0 Å². The van der Waals surface area contributed by atoms with Crippen LogP contribution in [-0.4, -0.2) is 12.6 Å². The molecule has 0 bridgehead atoms. The topological polar surface area (TPSA) is 12.0 Å². The summed E-state index contributed by atoms with van der Waals surface area (Å²) in [4.78, 5) is 0. The van der Waals surface area contributed by atoms with Gasteiger partial charge in [-0.2, -0.15) is 0 Å². The summed E-state index contributed by atoms with van der Waals surface area (Å²) in [5.41, 5.74) is 1.96. The molecule has 1 N–H and O–H groups in total. The van der Waals surface area contributed by atoms with Crippen molar-refractivity contribution in [1.82, 2.24) is 5.32 Å². The minimum atomic E-state index is 0.498. The first-order valence-corrected chi connectivity index (χ1v) is 8.33. The third-order valence-corrected chi connectivity index (χ3v) is 4.87. The van der Waals surface area contributed by atoms with Crippen molar-refractivity contribution >= 4 is 0 Å². The summed E-state index contributed by atoms with van der Waals surface area (Å²) in [6, 6.07) is 11.6. The van der Waals surface area contributed by atoms with Crippen LogP contribution in [-0.2, 0) is 6.42 Å². The lowest BCUT2D eigenvalue weighted by Gasteiger charge is -2.37. The molecule has 0 atom stereocenters. The molecule has 1 aliphatic rings. The third-order valence-electron chi connectivity index (χ3n) is 4.87. The molecule has 1 aliphatic carbocycles. The van der Waals surface area contributed by atoms with Crippen LogP contribution in [0.5, 0.6) is 0 Å². The lowest BCUT2D eigenvalue weighted by molar-refractivity contribution is 0.160. The predicted octanol–water partition coefficient (Wildman–Crippen LogP) is 4.81. The second-order valence-electron chi connectivity index (χ2n) is 7.46. The molecule has 2 rings (SSSR count). The Hall–Kier alpha value is -0.820. The van der Waals surface area contributed by atoms with E-state index in [1.165, 1.54) is 50.6 Å². The van der Waals surface area contributed by atoms with Crippen molar-refractivity contribution in [3.8, 4) is 0 Å². The first-order valence-electron chi connectivity index (χ1n) is 8.33.